The standard InChI is InChI=1S/C12H22N2O4/c1-11(2,3)18-10(16)14-6-5-12(7-13,8-14)9(15)17-4/h5-8,13H2,1-4H3. The maximum Gasteiger partial charge on any atom is 0.410 e. The molecule has 1 saturated heterocycles. The second-order valence-electron chi connectivity index (χ2n) is 5.63. The summed E-state index contributed by atoms with van der Waals surface area (Å²) >= 11 is 0. The average Bonchev–Trinajstić information content (AvgIpc) is 2.71. The number of hydrogen-bond acceptors (Lipinski definition) is 5. The van der Waals surface area contributed by atoms with E-state index in [2.05, 4.69) is 0 Å². The van der Waals surface area contributed by atoms with Crippen LogP contribution in [-0.4, -0.2) is 49.3 Å². The van der Waals surface area contributed by atoms with Crippen LogP contribution in [0.3, 0.4) is 0 Å². The van der Waals surface area contributed by atoms with Crippen molar-refractivity contribution < 1.29 is 19.1 Å². The molecule has 0 spiro atoms. The van der Waals surface area contributed by atoms with Crippen molar-refractivity contribution in [2.24, 2.45) is 11.1 Å². The van der Waals surface area contributed by atoms with Crippen LogP contribution in [0.2, 0.25) is 0 Å². The molecule has 1 atom stereocenters. The smallest absolute Gasteiger partial charge is 0.410 e. The van der Waals surface area contributed by atoms with E-state index in [4.69, 9.17) is 15.2 Å². The molecule has 0 radical (unpaired) electrons. The molecule has 0 aromatic rings. The van der Waals surface area contributed by atoms with Crippen molar-refractivity contribution in [1.29, 1.82) is 0 Å². The lowest BCUT2D eigenvalue weighted by Crippen LogP contribution is -2.44. The average molecular weight is 258 g/mol. The SMILES string of the molecule is COC(=O)C1(CN)CCN(C(=O)OC(C)(C)C)C1. The van der Waals surface area contributed by atoms with E-state index in [1.54, 1.807) is 20.8 Å². The Balaban J connectivity index is 2.70. The van der Waals surface area contributed by atoms with Gasteiger partial charge in [-0.1, -0.05) is 0 Å². The van der Waals surface area contributed by atoms with Crippen molar-refractivity contribution >= 4 is 12.1 Å². The van der Waals surface area contributed by atoms with Crippen molar-refractivity contribution in [2.75, 3.05) is 26.7 Å². The molecule has 0 saturated carbocycles. The molecular weight excluding hydrogens is 236 g/mol. The molecule has 104 valence electrons. The van der Waals surface area contributed by atoms with Gasteiger partial charge in [0.05, 0.1) is 12.5 Å². The van der Waals surface area contributed by atoms with Crippen molar-refractivity contribution in [3.8, 4) is 0 Å². The fourth-order valence-corrected chi connectivity index (χ4v) is 1.99. The topological polar surface area (TPSA) is 81.9 Å². The van der Waals surface area contributed by atoms with Gasteiger partial charge in [0.1, 0.15) is 5.60 Å². The summed E-state index contributed by atoms with van der Waals surface area (Å²) in [4.78, 5) is 25.1. The van der Waals surface area contributed by atoms with E-state index in [1.807, 2.05) is 0 Å². The van der Waals surface area contributed by atoms with Gasteiger partial charge in [0.2, 0.25) is 0 Å². The molecular formula is C12H22N2O4. The van der Waals surface area contributed by atoms with Gasteiger partial charge >= 0.3 is 12.1 Å². The van der Waals surface area contributed by atoms with Crippen molar-refractivity contribution in [3.05, 3.63) is 0 Å². The molecule has 18 heavy (non-hydrogen) atoms. The largest absolute Gasteiger partial charge is 0.469 e. The first-order valence-electron chi connectivity index (χ1n) is 6.00. The number of likely N-dealkylation sites (tertiary alicyclic amines) is 1. The molecule has 0 aromatic heterocycles. The fourth-order valence-electron chi connectivity index (χ4n) is 1.99. The zero-order chi connectivity index (χ0) is 14.0. The van der Waals surface area contributed by atoms with Gasteiger partial charge in [0.15, 0.2) is 0 Å². The van der Waals surface area contributed by atoms with Crippen LogP contribution in [0.4, 0.5) is 4.79 Å². The van der Waals surface area contributed by atoms with Crippen molar-refractivity contribution in [1.82, 2.24) is 4.90 Å². The molecule has 1 aliphatic rings. The van der Waals surface area contributed by atoms with Crippen LogP contribution in [0.5, 0.6) is 0 Å². The van der Waals surface area contributed by atoms with E-state index < -0.39 is 17.1 Å². The molecule has 0 bridgehead atoms. The summed E-state index contributed by atoms with van der Waals surface area (Å²) in [7, 11) is 1.33. The maximum atomic E-state index is 11.9. The molecule has 1 amide bonds. The minimum absolute atomic E-state index is 0.166. The van der Waals surface area contributed by atoms with Crippen molar-refractivity contribution in [2.45, 2.75) is 32.8 Å². The van der Waals surface area contributed by atoms with Gasteiger partial charge in [-0.2, -0.15) is 0 Å². The minimum Gasteiger partial charge on any atom is -0.469 e. The van der Waals surface area contributed by atoms with Gasteiger partial charge < -0.3 is 20.1 Å². The van der Waals surface area contributed by atoms with Crippen LogP contribution >= 0.6 is 0 Å². The first kappa shape index (κ1) is 14.8. The predicted octanol–water partition coefficient (Wildman–Crippen LogP) is 0.745. The third kappa shape index (κ3) is 3.13. The van der Waals surface area contributed by atoms with Crippen LogP contribution in [-0.2, 0) is 14.3 Å². The lowest BCUT2D eigenvalue weighted by Gasteiger charge is -2.27. The second kappa shape index (κ2) is 5.14. The Kier molecular flexibility index (Phi) is 4.21. The molecule has 0 aliphatic carbocycles. The summed E-state index contributed by atoms with van der Waals surface area (Å²) in [5.41, 5.74) is 4.32. The minimum atomic E-state index is -0.786. The van der Waals surface area contributed by atoms with E-state index in [-0.39, 0.29) is 19.1 Å². The highest BCUT2D eigenvalue weighted by atomic mass is 16.6. The highest BCUT2D eigenvalue weighted by Gasteiger charge is 2.46. The molecule has 1 heterocycles. The first-order valence-corrected chi connectivity index (χ1v) is 6.00. The number of carbonyl (C=O) groups excluding carboxylic acids is 2. The van der Waals surface area contributed by atoms with Crippen LogP contribution in [0.15, 0.2) is 0 Å². The Morgan fingerprint density at radius 3 is 2.44 bits per heavy atom. The van der Waals surface area contributed by atoms with Gasteiger partial charge in [-0.3, -0.25) is 4.79 Å². The summed E-state index contributed by atoms with van der Waals surface area (Å²) in [5, 5.41) is 0. The van der Waals surface area contributed by atoms with Crippen LogP contribution in [0.1, 0.15) is 27.2 Å². The van der Waals surface area contributed by atoms with Gasteiger partial charge in [-0.25, -0.2) is 4.79 Å². The van der Waals surface area contributed by atoms with E-state index >= 15 is 0 Å². The van der Waals surface area contributed by atoms with Gasteiger partial charge in [0, 0.05) is 19.6 Å². The van der Waals surface area contributed by atoms with E-state index in [0.717, 1.165) is 0 Å². The van der Waals surface area contributed by atoms with Gasteiger partial charge in [-0.05, 0) is 27.2 Å². The number of rotatable bonds is 2. The number of nitrogens with zero attached hydrogens (tertiary/aromatic N) is 1. The fraction of sp³-hybridized carbons (Fsp3) is 0.833. The number of methoxy groups -OCH3 is 1. The summed E-state index contributed by atoms with van der Waals surface area (Å²) in [5.74, 6) is -0.365. The van der Waals surface area contributed by atoms with Crippen molar-refractivity contribution in [3.63, 3.8) is 0 Å². The van der Waals surface area contributed by atoms with Crippen LogP contribution in [0.25, 0.3) is 0 Å². The summed E-state index contributed by atoms with van der Waals surface area (Å²) in [6.07, 6.45) is 0.0943. The number of amides is 1. The molecule has 6 nitrogen and oxygen atoms in total. The van der Waals surface area contributed by atoms with Gasteiger partial charge in [0.25, 0.3) is 0 Å². The third-order valence-electron chi connectivity index (χ3n) is 3.01. The monoisotopic (exact) mass is 258 g/mol. The number of hydrogen-bond donors (Lipinski definition) is 1. The molecule has 0 aromatic carbocycles. The highest BCUT2D eigenvalue weighted by Crippen LogP contribution is 2.31. The maximum absolute atomic E-state index is 11.9. The first-order chi connectivity index (χ1) is 8.24. The highest BCUT2D eigenvalue weighted by molar-refractivity contribution is 5.79. The number of nitrogens with two attached hydrogens (primary N) is 1. The predicted molar refractivity (Wildman–Crippen MR) is 65.9 cm³/mol. The molecule has 1 unspecified atom stereocenters. The summed E-state index contributed by atoms with van der Waals surface area (Å²) < 4.78 is 10.0. The zero-order valence-corrected chi connectivity index (χ0v) is 11.5. The van der Waals surface area contributed by atoms with Crippen LogP contribution < -0.4 is 5.73 Å². The lowest BCUT2D eigenvalue weighted by atomic mass is 9.87. The number of carbonyl (C=O) groups is 2. The summed E-state index contributed by atoms with van der Waals surface area (Å²) in [6.45, 7) is 6.29. The Labute approximate surface area is 107 Å². The molecule has 1 fully saturated rings. The Morgan fingerprint density at radius 1 is 1.39 bits per heavy atom. The van der Waals surface area contributed by atoms with Crippen LogP contribution in [0, 0.1) is 5.41 Å². The lowest BCUT2D eigenvalue weighted by molar-refractivity contribution is -0.151. The Bertz CT molecular complexity index is 337. The quantitative estimate of drug-likeness (QED) is 0.739. The van der Waals surface area contributed by atoms with Gasteiger partial charge in [-0.15, -0.1) is 0 Å². The Hall–Kier alpha value is -1.30. The second-order valence-corrected chi connectivity index (χ2v) is 5.63. The van der Waals surface area contributed by atoms with E-state index in [9.17, 15) is 9.59 Å². The normalized spacial score (nSPS) is 23.9. The van der Waals surface area contributed by atoms with E-state index in [0.29, 0.717) is 13.0 Å². The summed E-state index contributed by atoms with van der Waals surface area (Å²) in [6, 6.07) is 0. The zero-order valence-electron chi connectivity index (χ0n) is 11.5. The molecule has 1 aliphatic heterocycles. The van der Waals surface area contributed by atoms with E-state index in [1.165, 1.54) is 12.0 Å². The third-order valence-corrected chi connectivity index (χ3v) is 3.01. The Morgan fingerprint density at radius 2 is 2.00 bits per heavy atom. The number of ether oxygens (including phenoxy) is 2. The number of esters is 1. The molecule has 2 N–H and O–H groups in total. The molecule has 6 heteroatoms. The molecule has 1 rings (SSSR count).